The van der Waals surface area contributed by atoms with Crippen molar-refractivity contribution >= 4 is 45.0 Å². The van der Waals surface area contributed by atoms with Crippen molar-refractivity contribution in [3.05, 3.63) is 156 Å². The molecule has 1 aliphatic heterocycles. The summed E-state index contributed by atoms with van der Waals surface area (Å²) in [6.07, 6.45) is 3.29. The van der Waals surface area contributed by atoms with Gasteiger partial charge in [0, 0.05) is 23.2 Å². The molecule has 6 heteroatoms. The molecule has 2 amide bonds. The lowest BCUT2D eigenvalue weighted by Crippen LogP contribution is -2.29. The molecule has 0 saturated carbocycles. The predicted molar refractivity (Wildman–Crippen MR) is 173 cm³/mol. The smallest absolute Gasteiger partial charge is 0.268 e. The van der Waals surface area contributed by atoms with E-state index in [9.17, 15) is 9.59 Å². The van der Waals surface area contributed by atoms with Gasteiger partial charge in [0.1, 0.15) is 0 Å². The number of nitrogens with zero attached hydrogens (tertiary/aromatic N) is 4. The summed E-state index contributed by atoms with van der Waals surface area (Å²) >= 11 is 0. The molecule has 0 spiro atoms. The number of fused-ring (bicyclic) bond motifs is 4. The van der Waals surface area contributed by atoms with Gasteiger partial charge in [0.25, 0.3) is 11.8 Å². The summed E-state index contributed by atoms with van der Waals surface area (Å²) in [6.45, 7) is 7.41. The van der Waals surface area contributed by atoms with Gasteiger partial charge in [-0.15, -0.1) is 0 Å². The molecule has 206 valence electrons. The van der Waals surface area contributed by atoms with Crippen LogP contribution in [-0.4, -0.2) is 21.4 Å². The minimum Gasteiger partial charge on any atom is -0.308 e. The van der Waals surface area contributed by atoms with Crippen LogP contribution in [0.5, 0.6) is 0 Å². The van der Waals surface area contributed by atoms with Crippen LogP contribution in [0.15, 0.2) is 134 Å². The van der Waals surface area contributed by atoms with E-state index in [2.05, 4.69) is 32.6 Å². The van der Waals surface area contributed by atoms with Crippen molar-refractivity contribution in [2.24, 2.45) is 0 Å². The fourth-order valence-electron chi connectivity index (χ4n) is 6.18. The molecule has 0 fully saturated rings. The molecular weight excluding hydrogens is 544 g/mol. The van der Waals surface area contributed by atoms with Crippen LogP contribution in [0, 0.1) is 6.57 Å². The van der Waals surface area contributed by atoms with Crippen molar-refractivity contribution in [2.45, 2.75) is 0 Å². The van der Waals surface area contributed by atoms with Gasteiger partial charge in [0.15, 0.2) is 0 Å². The van der Waals surface area contributed by atoms with Crippen LogP contribution in [0.4, 0.5) is 11.4 Å². The lowest BCUT2D eigenvalue weighted by Gasteiger charge is -2.15. The second-order valence-corrected chi connectivity index (χ2v) is 10.7. The largest absolute Gasteiger partial charge is 0.308 e. The van der Waals surface area contributed by atoms with E-state index in [1.54, 1.807) is 18.5 Å². The quantitative estimate of drug-likeness (QED) is 0.158. The summed E-state index contributed by atoms with van der Waals surface area (Å²) < 4.78 is 2.06. The number of aromatic nitrogens is 2. The van der Waals surface area contributed by atoms with Crippen LogP contribution in [0.1, 0.15) is 20.7 Å². The molecule has 8 rings (SSSR count). The lowest BCUT2D eigenvalue weighted by atomic mass is 10.0. The first-order valence-electron chi connectivity index (χ1n) is 14.2. The maximum absolute atomic E-state index is 14.2. The topological polar surface area (TPSA) is 59.6 Å². The predicted octanol–water partition coefficient (Wildman–Crippen LogP) is 8.86. The summed E-state index contributed by atoms with van der Waals surface area (Å²) in [5, 5.41) is 2.05. The summed E-state index contributed by atoms with van der Waals surface area (Å²) in [7, 11) is 0. The first-order valence-corrected chi connectivity index (χ1v) is 14.2. The molecule has 3 heterocycles. The van der Waals surface area contributed by atoms with Crippen LogP contribution < -0.4 is 4.90 Å². The molecule has 7 aromatic rings. The Bertz CT molecular complexity index is 2330. The molecule has 44 heavy (non-hydrogen) atoms. The average Bonchev–Trinajstić information content (AvgIpc) is 3.55. The fraction of sp³-hybridized carbons (Fsp3) is 0. The van der Waals surface area contributed by atoms with Crippen molar-refractivity contribution < 1.29 is 9.59 Å². The van der Waals surface area contributed by atoms with E-state index < -0.39 is 0 Å². The highest BCUT2D eigenvalue weighted by Crippen LogP contribution is 2.39. The van der Waals surface area contributed by atoms with Crippen LogP contribution in [0.2, 0.25) is 0 Å². The normalized spacial score (nSPS) is 12.6. The summed E-state index contributed by atoms with van der Waals surface area (Å²) in [4.78, 5) is 37.0. The average molecular weight is 567 g/mol. The molecule has 0 N–H and O–H groups in total. The van der Waals surface area contributed by atoms with Crippen molar-refractivity contribution in [1.29, 1.82) is 0 Å². The number of rotatable bonds is 4. The lowest BCUT2D eigenvalue weighted by molar-refractivity contribution is 0.0926. The standard InChI is InChI=1S/C38H22N4O2/c1-39-28-20-27(22-40-23-28)26-16-19-31-30-10-5-6-12-33(30)42(35(31)21-26)34-13-7-11-32-36(34)38(44)41(37(32)43)29-17-14-25(15-18-29)24-8-3-2-4-9-24/h2-23H. The first kappa shape index (κ1) is 25.4. The number of hydrogen-bond acceptors (Lipinski definition) is 3. The molecule has 0 bridgehead atoms. The number of hydrogen-bond donors (Lipinski definition) is 0. The van der Waals surface area contributed by atoms with Gasteiger partial charge in [-0.05, 0) is 64.7 Å². The number of benzene rings is 5. The van der Waals surface area contributed by atoms with Crippen molar-refractivity contribution in [2.75, 3.05) is 4.90 Å². The second kappa shape index (κ2) is 9.90. The molecular formula is C38H22N4O2. The van der Waals surface area contributed by atoms with E-state index in [0.29, 0.717) is 28.2 Å². The zero-order valence-electron chi connectivity index (χ0n) is 23.3. The Morgan fingerprint density at radius 2 is 1.32 bits per heavy atom. The zero-order chi connectivity index (χ0) is 29.8. The second-order valence-electron chi connectivity index (χ2n) is 10.7. The van der Waals surface area contributed by atoms with Gasteiger partial charge in [-0.2, -0.15) is 0 Å². The zero-order valence-corrected chi connectivity index (χ0v) is 23.3. The van der Waals surface area contributed by atoms with E-state index in [-0.39, 0.29) is 11.8 Å². The number of para-hydroxylation sites is 1. The number of anilines is 1. The summed E-state index contributed by atoms with van der Waals surface area (Å²) in [6, 6.07) is 38.9. The first-order chi connectivity index (χ1) is 21.6. The number of imide groups is 1. The number of carbonyl (C=O) groups excluding carboxylic acids is 2. The van der Waals surface area contributed by atoms with Crippen molar-refractivity contribution in [3.63, 3.8) is 0 Å². The van der Waals surface area contributed by atoms with Crippen molar-refractivity contribution in [1.82, 2.24) is 9.55 Å². The Balaban J connectivity index is 1.29. The highest BCUT2D eigenvalue weighted by atomic mass is 16.2. The molecule has 5 aromatic carbocycles. The Kier molecular flexibility index (Phi) is 5.71. The Labute approximate surface area is 252 Å². The van der Waals surface area contributed by atoms with Gasteiger partial charge in [0.2, 0.25) is 5.69 Å². The molecule has 1 aliphatic rings. The van der Waals surface area contributed by atoms with Gasteiger partial charge < -0.3 is 4.57 Å². The van der Waals surface area contributed by atoms with Crippen LogP contribution >= 0.6 is 0 Å². The van der Waals surface area contributed by atoms with E-state index in [0.717, 1.165) is 44.1 Å². The van der Waals surface area contributed by atoms with E-state index in [4.69, 9.17) is 6.57 Å². The third-order valence-electron chi connectivity index (χ3n) is 8.23. The van der Waals surface area contributed by atoms with Gasteiger partial charge in [0.05, 0.1) is 40.1 Å². The van der Waals surface area contributed by atoms with Crippen molar-refractivity contribution in [3.8, 4) is 27.9 Å². The van der Waals surface area contributed by atoms with Crippen LogP contribution in [0.3, 0.4) is 0 Å². The monoisotopic (exact) mass is 566 g/mol. The Morgan fingerprint density at radius 1 is 0.591 bits per heavy atom. The molecule has 2 aromatic heterocycles. The van der Waals surface area contributed by atoms with Gasteiger partial charge in [-0.25, -0.2) is 9.74 Å². The molecule has 6 nitrogen and oxygen atoms in total. The fourth-order valence-corrected chi connectivity index (χ4v) is 6.18. The summed E-state index contributed by atoms with van der Waals surface area (Å²) in [5.41, 5.74) is 7.97. The van der Waals surface area contributed by atoms with E-state index in [1.165, 1.54) is 4.90 Å². The number of pyridine rings is 1. The van der Waals surface area contributed by atoms with E-state index in [1.807, 2.05) is 97.1 Å². The molecule has 0 atom stereocenters. The highest BCUT2D eigenvalue weighted by molar-refractivity contribution is 6.35. The Morgan fingerprint density at radius 3 is 2.14 bits per heavy atom. The third kappa shape index (κ3) is 3.84. The third-order valence-corrected chi connectivity index (χ3v) is 8.23. The number of amides is 2. The molecule has 0 radical (unpaired) electrons. The van der Waals surface area contributed by atoms with E-state index >= 15 is 0 Å². The van der Waals surface area contributed by atoms with Gasteiger partial charge in [-0.3, -0.25) is 14.6 Å². The maximum Gasteiger partial charge on any atom is 0.268 e. The summed E-state index contributed by atoms with van der Waals surface area (Å²) in [5.74, 6) is -0.702. The maximum atomic E-state index is 14.2. The van der Waals surface area contributed by atoms with Crippen LogP contribution in [0.25, 0.3) is 54.6 Å². The minimum absolute atomic E-state index is 0.345. The van der Waals surface area contributed by atoms with Gasteiger partial charge in [-0.1, -0.05) is 78.9 Å². The van der Waals surface area contributed by atoms with Crippen LogP contribution in [-0.2, 0) is 0 Å². The van der Waals surface area contributed by atoms with Gasteiger partial charge >= 0.3 is 0 Å². The SMILES string of the molecule is [C-]#[N+]c1cncc(-c2ccc3c4ccccc4n(-c4cccc5c4C(=O)N(c4ccc(-c6ccccc6)cc4)C5=O)c3c2)c1. The molecule has 0 aliphatic carbocycles. The molecule has 0 unspecified atom stereocenters. The molecule has 0 saturated heterocycles. The Hall–Kier alpha value is -6.32. The number of carbonyl (C=O) groups is 2. The highest BCUT2D eigenvalue weighted by Gasteiger charge is 2.39. The minimum atomic E-state index is -0.357.